The molecule has 0 aliphatic carbocycles. The zero-order valence-corrected chi connectivity index (χ0v) is 12.3. The molecule has 0 radical (unpaired) electrons. The van der Waals surface area contributed by atoms with Gasteiger partial charge in [-0.2, -0.15) is 0 Å². The molecule has 0 fully saturated rings. The van der Waals surface area contributed by atoms with Crippen molar-refractivity contribution in [3.8, 4) is 0 Å². The van der Waals surface area contributed by atoms with Crippen molar-refractivity contribution >= 4 is 31.9 Å². The minimum Gasteiger partial charge on any atom is -0.466 e. The molecule has 0 aromatic carbocycles. The monoisotopic (exact) mass is 340 g/mol. The number of aryl methyl sites for hydroxylation is 1. The molecular formula is C8H13BrN4O4S. The van der Waals surface area contributed by atoms with Gasteiger partial charge in [0.05, 0.1) is 13.0 Å². The van der Waals surface area contributed by atoms with Crippen LogP contribution >= 0.6 is 15.9 Å². The summed E-state index contributed by atoms with van der Waals surface area (Å²) in [6, 6.07) is 0. The van der Waals surface area contributed by atoms with Crippen molar-refractivity contribution in [1.29, 1.82) is 0 Å². The number of halogens is 1. The summed E-state index contributed by atoms with van der Waals surface area (Å²) in [5.41, 5.74) is 0. The number of carbonyl (C=O) groups is 1. The molecule has 1 heterocycles. The summed E-state index contributed by atoms with van der Waals surface area (Å²) >= 11 is 2.99. The number of carbonyl (C=O) groups excluding carboxylic acids is 1. The normalized spacial score (nSPS) is 11.5. The number of aromatic nitrogens is 3. The van der Waals surface area contributed by atoms with Crippen LogP contribution in [-0.4, -0.2) is 42.5 Å². The maximum absolute atomic E-state index is 11.9. The van der Waals surface area contributed by atoms with Crippen molar-refractivity contribution in [3.63, 3.8) is 0 Å². The number of rotatable bonds is 6. The maximum Gasteiger partial charge on any atom is 0.307 e. The first-order valence-electron chi connectivity index (χ1n) is 5.09. The Balaban J connectivity index is 2.64. The number of nitrogens with zero attached hydrogens (tertiary/aromatic N) is 3. The van der Waals surface area contributed by atoms with Crippen LogP contribution in [0.25, 0.3) is 0 Å². The Morgan fingerprint density at radius 2 is 2.22 bits per heavy atom. The second-order valence-corrected chi connectivity index (χ2v) is 5.70. The van der Waals surface area contributed by atoms with Crippen LogP contribution in [0.3, 0.4) is 0 Å². The summed E-state index contributed by atoms with van der Waals surface area (Å²) in [5.74, 6) is -0.456. The Morgan fingerprint density at radius 3 is 2.72 bits per heavy atom. The highest BCUT2D eigenvalue weighted by molar-refractivity contribution is 9.10. The molecule has 0 atom stereocenters. The van der Waals surface area contributed by atoms with E-state index in [9.17, 15) is 13.2 Å². The van der Waals surface area contributed by atoms with Gasteiger partial charge in [-0.05, 0) is 22.9 Å². The van der Waals surface area contributed by atoms with Crippen LogP contribution in [0.15, 0.2) is 9.63 Å². The highest BCUT2D eigenvalue weighted by atomic mass is 79.9. The van der Waals surface area contributed by atoms with Crippen LogP contribution in [0.2, 0.25) is 0 Å². The predicted octanol–water partition coefficient (Wildman–Crippen LogP) is -0.191. The molecule has 0 amide bonds. The SMILES string of the molecule is CCOC(=O)CCNS(=O)(=O)c1c(Br)nnn1C. The lowest BCUT2D eigenvalue weighted by atomic mass is 10.4. The number of hydrogen-bond acceptors (Lipinski definition) is 6. The molecule has 1 rings (SSSR count). The quantitative estimate of drug-likeness (QED) is 0.720. The zero-order valence-electron chi connectivity index (χ0n) is 9.88. The standard InChI is InChI=1S/C8H13BrN4O4S/c1-3-17-6(14)4-5-10-18(15,16)8-7(9)11-12-13(8)2/h10H,3-5H2,1-2H3. The lowest BCUT2D eigenvalue weighted by Gasteiger charge is -2.06. The molecule has 0 spiro atoms. The minimum absolute atomic E-state index is 0.0318. The summed E-state index contributed by atoms with van der Waals surface area (Å²) in [7, 11) is -2.30. The third kappa shape index (κ3) is 3.75. The van der Waals surface area contributed by atoms with E-state index in [1.807, 2.05) is 0 Å². The Bertz CT molecular complexity index is 508. The van der Waals surface area contributed by atoms with Crippen LogP contribution in [0, 0.1) is 0 Å². The number of esters is 1. The second-order valence-electron chi connectivity index (χ2n) is 3.26. The summed E-state index contributed by atoms with van der Waals surface area (Å²) < 4.78 is 32.0. The molecule has 1 aromatic heterocycles. The van der Waals surface area contributed by atoms with Gasteiger partial charge in [0.1, 0.15) is 0 Å². The van der Waals surface area contributed by atoms with Crippen LogP contribution in [0.1, 0.15) is 13.3 Å². The molecule has 0 aliphatic heterocycles. The Morgan fingerprint density at radius 1 is 1.56 bits per heavy atom. The molecule has 0 unspecified atom stereocenters. The van der Waals surface area contributed by atoms with E-state index in [0.717, 1.165) is 4.68 Å². The number of nitrogens with one attached hydrogen (secondary N) is 1. The van der Waals surface area contributed by atoms with Crippen molar-refractivity contribution in [2.24, 2.45) is 7.05 Å². The van der Waals surface area contributed by atoms with Crippen molar-refractivity contribution in [2.45, 2.75) is 18.4 Å². The van der Waals surface area contributed by atoms with E-state index in [4.69, 9.17) is 0 Å². The third-order valence-corrected chi connectivity index (χ3v) is 4.27. The summed E-state index contributed by atoms with van der Waals surface area (Å²) in [6.45, 7) is 1.90. The first kappa shape index (κ1) is 15.1. The minimum atomic E-state index is -3.76. The number of ether oxygens (including phenoxy) is 1. The molecule has 10 heteroatoms. The van der Waals surface area contributed by atoms with Gasteiger partial charge in [-0.25, -0.2) is 17.8 Å². The fraction of sp³-hybridized carbons (Fsp3) is 0.625. The van der Waals surface area contributed by atoms with Gasteiger partial charge in [0.2, 0.25) is 5.03 Å². The van der Waals surface area contributed by atoms with E-state index in [0.29, 0.717) is 0 Å². The van der Waals surface area contributed by atoms with Crippen molar-refractivity contribution in [1.82, 2.24) is 19.7 Å². The molecule has 0 saturated carbocycles. The lowest BCUT2D eigenvalue weighted by molar-refractivity contribution is -0.142. The summed E-state index contributed by atoms with van der Waals surface area (Å²) in [5, 5.41) is 7.05. The first-order chi connectivity index (χ1) is 8.38. The molecule has 1 N–H and O–H groups in total. The molecule has 0 saturated heterocycles. The van der Waals surface area contributed by atoms with Crippen molar-refractivity contribution in [2.75, 3.05) is 13.2 Å². The van der Waals surface area contributed by atoms with E-state index in [1.54, 1.807) is 6.92 Å². The Hall–Kier alpha value is -1.00. The second kappa shape index (κ2) is 6.25. The van der Waals surface area contributed by atoms with Gasteiger partial charge in [0.25, 0.3) is 10.0 Å². The molecular weight excluding hydrogens is 328 g/mol. The highest BCUT2D eigenvalue weighted by Crippen LogP contribution is 2.17. The maximum atomic E-state index is 11.9. The van der Waals surface area contributed by atoms with Gasteiger partial charge in [0, 0.05) is 13.6 Å². The van der Waals surface area contributed by atoms with Crippen LogP contribution in [0.4, 0.5) is 0 Å². The fourth-order valence-corrected chi connectivity index (χ4v) is 3.32. The van der Waals surface area contributed by atoms with Crippen LogP contribution in [0.5, 0.6) is 0 Å². The third-order valence-electron chi connectivity index (χ3n) is 1.92. The Labute approximate surface area is 113 Å². The van der Waals surface area contributed by atoms with Crippen LogP contribution in [-0.2, 0) is 26.6 Å². The van der Waals surface area contributed by atoms with Crippen molar-refractivity contribution < 1.29 is 17.9 Å². The van der Waals surface area contributed by atoms with Gasteiger partial charge in [0.15, 0.2) is 4.60 Å². The van der Waals surface area contributed by atoms with E-state index >= 15 is 0 Å². The molecule has 102 valence electrons. The van der Waals surface area contributed by atoms with Gasteiger partial charge in [-0.1, -0.05) is 5.21 Å². The topological polar surface area (TPSA) is 103 Å². The first-order valence-corrected chi connectivity index (χ1v) is 7.36. The van der Waals surface area contributed by atoms with Crippen LogP contribution < -0.4 is 4.72 Å². The molecule has 0 bridgehead atoms. The largest absolute Gasteiger partial charge is 0.466 e. The van der Waals surface area contributed by atoms with Crippen molar-refractivity contribution in [3.05, 3.63) is 4.60 Å². The van der Waals surface area contributed by atoms with E-state index in [1.165, 1.54) is 7.05 Å². The van der Waals surface area contributed by atoms with Gasteiger partial charge >= 0.3 is 5.97 Å². The van der Waals surface area contributed by atoms with E-state index < -0.39 is 16.0 Å². The predicted molar refractivity (Wildman–Crippen MR) is 65.1 cm³/mol. The lowest BCUT2D eigenvalue weighted by Crippen LogP contribution is -2.28. The fourth-order valence-electron chi connectivity index (χ4n) is 1.20. The van der Waals surface area contributed by atoms with Gasteiger partial charge < -0.3 is 4.74 Å². The zero-order chi connectivity index (χ0) is 13.8. The smallest absolute Gasteiger partial charge is 0.307 e. The molecule has 1 aromatic rings. The molecule has 18 heavy (non-hydrogen) atoms. The molecule has 0 aliphatic rings. The average Bonchev–Trinajstić information content (AvgIpc) is 2.59. The summed E-state index contributed by atoms with van der Waals surface area (Å²) in [4.78, 5) is 11.1. The number of hydrogen-bond donors (Lipinski definition) is 1. The highest BCUT2D eigenvalue weighted by Gasteiger charge is 2.23. The Kier molecular flexibility index (Phi) is 5.23. The van der Waals surface area contributed by atoms with Gasteiger partial charge in [-0.15, -0.1) is 5.10 Å². The average molecular weight is 341 g/mol. The van der Waals surface area contributed by atoms with E-state index in [2.05, 4.69) is 35.7 Å². The van der Waals surface area contributed by atoms with Gasteiger partial charge in [-0.3, -0.25) is 4.79 Å². The summed E-state index contributed by atoms with van der Waals surface area (Å²) in [6.07, 6.45) is -0.0318. The number of sulfonamides is 1. The molecule has 8 nitrogen and oxygen atoms in total. The van der Waals surface area contributed by atoms with E-state index in [-0.39, 0.29) is 29.2 Å².